The summed E-state index contributed by atoms with van der Waals surface area (Å²) < 4.78 is 10.4. The molecule has 0 radical (unpaired) electrons. The van der Waals surface area contributed by atoms with Gasteiger partial charge in [0.25, 0.3) is 0 Å². The van der Waals surface area contributed by atoms with Crippen molar-refractivity contribution in [1.29, 1.82) is 0 Å². The Balaban J connectivity index is 2.35. The Morgan fingerprint density at radius 1 is 1.05 bits per heavy atom. The van der Waals surface area contributed by atoms with Gasteiger partial charge in [-0.2, -0.15) is 0 Å². The minimum atomic E-state index is -0.586. The first-order valence-electron chi connectivity index (χ1n) is 6.38. The number of ether oxygens (including phenoxy) is 2. The van der Waals surface area contributed by atoms with Crippen LogP contribution in [0.4, 0.5) is 0 Å². The number of benzene rings is 2. The Morgan fingerprint density at radius 2 is 1.67 bits per heavy atom. The van der Waals surface area contributed by atoms with Gasteiger partial charge in [-0.25, -0.2) is 4.79 Å². The van der Waals surface area contributed by atoms with E-state index in [1.807, 2.05) is 6.07 Å². The minimum absolute atomic E-state index is 0.197. The highest BCUT2D eigenvalue weighted by Crippen LogP contribution is 2.25. The van der Waals surface area contributed by atoms with Crippen molar-refractivity contribution in [2.45, 2.75) is 13.2 Å². The minimum Gasteiger partial charge on any atom is -0.496 e. The molecule has 0 bridgehead atoms. The van der Waals surface area contributed by atoms with Gasteiger partial charge in [-0.05, 0) is 35.4 Å². The van der Waals surface area contributed by atoms with Gasteiger partial charge in [0.15, 0.2) is 0 Å². The summed E-state index contributed by atoms with van der Waals surface area (Å²) in [7, 11) is 1.43. The number of aliphatic hydroxyl groups excluding tert-OH is 2. The molecule has 2 N–H and O–H groups in total. The number of hydrogen-bond acceptors (Lipinski definition) is 5. The molecule has 2 aromatic carbocycles. The number of esters is 1. The Bertz CT molecular complexity index is 622. The normalized spacial score (nSPS) is 10.2. The van der Waals surface area contributed by atoms with Crippen LogP contribution < -0.4 is 9.47 Å². The van der Waals surface area contributed by atoms with E-state index in [4.69, 9.17) is 9.47 Å². The third kappa shape index (κ3) is 3.39. The summed E-state index contributed by atoms with van der Waals surface area (Å²) in [5, 5.41) is 18.6. The van der Waals surface area contributed by atoms with Gasteiger partial charge in [0.1, 0.15) is 17.1 Å². The molecule has 0 aliphatic heterocycles. The summed E-state index contributed by atoms with van der Waals surface area (Å²) in [6, 6.07) is 11.7. The van der Waals surface area contributed by atoms with Crippen LogP contribution in [0, 0.1) is 0 Å². The molecule has 0 heterocycles. The molecule has 0 saturated heterocycles. The van der Waals surface area contributed by atoms with Crippen molar-refractivity contribution in [3.8, 4) is 11.5 Å². The van der Waals surface area contributed by atoms with Gasteiger partial charge in [-0.1, -0.05) is 18.2 Å². The Morgan fingerprint density at radius 3 is 2.24 bits per heavy atom. The molecule has 5 nitrogen and oxygen atoms in total. The highest BCUT2D eigenvalue weighted by molar-refractivity contribution is 5.94. The van der Waals surface area contributed by atoms with Crippen LogP contribution >= 0.6 is 0 Å². The fourth-order valence-electron chi connectivity index (χ4n) is 1.94. The maximum atomic E-state index is 12.2. The van der Waals surface area contributed by atoms with Gasteiger partial charge in [0.2, 0.25) is 0 Å². The van der Waals surface area contributed by atoms with Crippen molar-refractivity contribution >= 4 is 5.97 Å². The summed E-state index contributed by atoms with van der Waals surface area (Å²) in [5.41, 5.74) is 1.16. The maximum absolute atomic E-state index is 12.2. The molecular formula is C16H16O5. The molecule has 0 fully saturated rings. The average Bonchev–Trinajstić information content (AvgIpc) is 2.54. The van der Waals surface area contributed by atoms with Crippen molar-refractivity contribution in [3.05, 3.63) is 59.2 Å². The van der Waals surface area contributed by atoms with E-state index >= 15 is 0 Å². The number of rotatable bonds is 5. The van der Waals surface area contributed by atoms with E-state index in [1.165, 1.54) is 19.2 Å². The first-order chi connectivity index (χ1) is 10.2. The van der Waals surface area contributed by atoms with Crippen molar-refractivity contribution in [2.24, 2.45) is 0 Å². The predicted octanol–water partition coefficient (Wildman–Crippen LogP) is 1.90. The highest BCUT2D eigenvalue weighted by Gasteiger charge is 2.18. The molecule has 2 aromatic rings. The number of carbonyl (C=O) groups excluding carboxylic acids is 1. The van der Waals surface area contributed by atoms with Gasteiger partial charge in [0, 0.05) is 0 Å². The number of methoxy groups -OCH3 is 1. The van der Waals surface area contributed by atoms with Crippen molar-refractivity contribution in [1.82, 2.24) is 0 Å². The molecule has 110 valence electrons. The van der Waals surface area contributed by atoms with E-state index < -0.39 is 5.97 Å². The zero-order valence-corrected chi connectivity index (χ0v) is 11.6. The van der Waals surface area contributed by atoms with Gasteiger partial charge in [-0.15, -0.1) is 0 Å². The van der Waals surface area contributed by atoms with Crippen LogP contribution in [0.5, 0.6) is 11.5 Å². The molecule has 0 aliphatic rings. The zero-order chi connectivity index (χ0) is 15.2. The Kier molecular flexibility index (Phi) is 4.92. The quantitative estimate of drug-likeness (QED) is 0.649. The van der Waals surface area contributed by atoms with Crippen LogP contribution in [0.25, 0.3) is 0 Å². The van der Waals surface area contributed by atoms with Crippen LogP contribution in [0.3, 0.4) is 0 Å². The topological polar surface area (TPSA) is 76.0 Å². The van der Waals surface area contributed by atoms with Gasteiger partial charge in [0.05, 0.1) is 20.3 Å². The first kappa shape index (κ1) is 15.0. The standard InChI is InChI=1S/C16H16O5/c1-20-15-8-12(10-18)11(9-17)7-14(15)16(19)21-13-5-3-2-4-6-13/h2-8,17-18H,9-10H2,1H3. The van der Waals surface area contributed by atoms with E-state index in [0.717, 1.165) is 0 Å². The third-order valence-electron chi connectivity index (χ3n) is 3.04. The largest absolute Gasteiger partial charge is 0.496 e. The Labute approximate surface area is 122 Å². The third-order valence-corrected chi connectivity index (χ3v) is 3.04. The maximum Gasteiger partial charge on any atom is 0.347 e. The second kappa shape index (κ2) is 6.88. The molecule has 0 aliphatic carbocycles. The lowest BCUT2D eigenvalue weighted by atomic mass is 10.0. The summed E-state index contributed by atoms with van der Waals surface area (Å²) in [6.45, 7) is -0.536. The summed E-state index contributed by atoms with van der Waals surface area (Å²) in [4.78, 5) is 12.2. The van der Waals surface area contributed by atoms with Gasteiger partial charge >= 0.3 is 5.97 Å². The fourth-order valence-corrected chi connectivity index (χ4v) is 1.94. The van der Waals surface area contributed by atoms with Crippen LogP contribution in [0.1, 0.15) is 21.5 Å². The molecular weight excluding hydrogens is 272 g/mol. The number of carbonyl (C=O) groups is 1. The fraction of sp³-hybridized carbons (Fsp3) is 0.188. The van der Waals surface area contributed by atoms with Gasteiger partial charge < -0.3 is 19.7 Å². The van der Waals surface area contributed by atoms with Crippen molar-refractivity contribution in [2.75, 3.05) is 7.11 Å². The molecule has 0 aromatic heterocycles. The second-order valence-corrected chi connectivity index (χ2v) is 4.34. The second-order valence-electron chi connectivity index (χ2n) is 4.34. The number of para-hydroxylation sites is 1. The molecule has 0 saturated carbocycles. The van der Waals surface area contributed by atoms with Crippen LogP contribution in [-0.2, 0) is 13.2 Å². The van der Waals surface area contributed by atoms with Crippen LogP contribution in [-0.4, -0.2) is 23.3 Å². The van der Waals surface area contributed by atoms with E-state index in [0.29, 0.717) is 16.9 Å². The zero-order valence-electron chi connectivity index (χ0n) is 11.6. The lowest BCUT2D eigenvalue weighted by molar-refractivity contribution is 0.0731. The van der Waals surface area contributed by atoms with E-state index in [1.54, 1.807) is 24.3 Å². The Hall–Kier alpha value is -2.37. The monoisotopic (exact) mass is 288 g/mol. The van der Waals surface area contributed by atoms with Crippen molar-refractivity contribution < 1.29 is 24.5 Å². The molecule has 5 heteroatoms. The van der Waals surface area contributed by atoms with Crippen molar-refractivity contribution in [3.63, 3.8) is 0 Å². The van der Waals surface area contributed by atoms with Crippen LogP contribution in [0.2, 0.25) is 0 Å². The molecule has 0 amide bonds. The van der Waals surface area contributed by atoms with E-state index in [2.05, 4.69) is 0 Å². The number of aliphatic hydroxyl groups is 2. The SMILES string of the molecule is COc1cc(CO)c(CO)cc1C(=O)Oc1ccccc1. The lowest BCUT2D eigenvalue weighted by Gasteiger charge is -2.13. The first-order valence-corrected chi connectivity index (χ1v) is 6.38. The molecule has 0 unspecified atom stereocenters. The summed E-state index contributed by atoms with van der Waals surface area (Å²) >= 11 is 0. The molecule has 2 rings (SSSR count). The highest BCUT2D eigenvalue weighted by atomic mass is 16.5. The lowest BCUT2D eigenvalue weighted by Crippen LogP contribution is -2.12. The van der Waals surface area contributed by atoms with E-state index in [9.17, 15) is 15.0 Å². The summed E-state index contributed by atoms with van der Waals surface area (Å²) in [6.07, 6.45) is 0. The smallest absolute Gasteiger partial charge is 0.347 e. The van der Waals surface area contributed by atoms with E-state index in [-0.39, 0.29) is 24.5 Å². The molecule has 21 heavy (non-hydrogen) atoms. The predicted molar refractivity (Wildman–Crippen MR) is 76.2 cm³/mol. The van der Waals surface area contributed by atoms with Crippen LogP contribution in [0.15, 0.2) is 42.5 Å². The van der Waals surface area contributed by atoms with Gasteiger partial charge in [-0.3, -0.25) is 0 Å². The molecule has 0 atom stereocenters. The number of hydrogen-bond donors (Lipinski definition) is 2. The average molecular weight is 288 g/mol. The molecule has 0 spiro atoms. The summed E-state index contributed by atoms with van der Waals surface area (Å²) in [5.74, 6) is 0.121.